The molecule has 0 spiro atoms. The summed E-state index contributed by atoms with van der Waals surface area (Å²) in [5, 5.41) is 12.6. The van der Waals surface area contributed by atoms with Gasteiger partial charge in [-0.25, -0.2) is 4.98 Å². The van der Waals surface area contributed by atoms with Gasteiger partial charge in [0, 0.05) is 13.7 Å². The van der Waals surface area contributed by atoms with Gasteiger partial charge >= 0.3 is 0 Å². The van der Waals surface area contributed by atoms with Gasteiger partial charge in [-0.2, -0.15) is 9.97 Å². The average Bonchev–Trinajstić information content (AvgIpc) is 2.74. The highest BCUT2D eigenvalue weighted by molar-refractivity contribution is 6.28. The Morgan fingerprint density at radius 2 is 2.41 bits per heavy atom. The quantitative estimate of drug-likeness (QED) is 0.672. The number of hydrogen-bond donors (Lipinski definition) is 3. The minimum atomic E-state index is -0.619. The summed E-state index contributed by atoms with van der Waals surface area (Å²) < 4.78 is 4.82. The van der Waals surface area contributed by atoms with Crippen molar-refractivity contribution < 1.29 is 9.84 Å². The van der Waals surface area contributed by atoms with Crippen LogP contribution in [0, 0.1) is 0 Å². The van der Waals surface area contributed by atoms with Crippen LogP contribution in [0.5, 0.6) is 0 Å². The van der Waals surface area contributed by atoms with Gasteiger partial charge in [0.1, 0.15) is 5.52 Å². The lowest BCUT2D eigenvalue weighted by Crippen LogP contribution is -2.24. The number of nitrogens with one attached hydrogen (secondary N) is 2. The lowest BCUT2D eigenvalue weighted by Gasteiger charge is -2.11. The predicted octanol–water partition coefficient (Wildman–Crippen LogP) is 0.426. The van der Waals surface area contributed by atoms with Crippen molar-refractivity contribution in [3.63, 3.8) is 0 Å². The second kappa shape index (κ2) is 5.26. The molecule has 3 N–H and O–H groups in total. The van der Waals surface area contributed by atoms with Crippen LogP contribution in [0.3, 0.4) is 0 Å². The second-order valence-electron chi connectivity index (χ2n) is 3.43. The Labute approximate surface area is 102 Å². The first-order valence-electron chi connectivity index (χ1n) is 4.98. The molecule has 1 atom stereocenters. The van der Waals surface area contributed by atoms with Gasteiger partial charge in [-0.3, -0.25) is 0 Å². The van der Waals surface area contributed by atoms with E-state index in [1.54, 1.807) is 0 Å². The maximum Gasteiger partial charge on any atom is 0.226 e. The third kappa shape index (κ3) is 2.82. The topological polar surface area (TPSA) is 96.0 Å². The van der Waals surface area contributed by atoms with Crippen molar-refractivity contribution in [2.24, 2.45) is 0 Å². The van der Waals surface area contributed by atoms with E-state index in [9.17, 15) is 5.11 Å². The number of methoxy groups -OCH3 is 1. The smallest absolute Gasteiger partial charge is 0.226 e. The van der Waals surface area contributed by atoms with Crippen molar-refractivity contribution in [2.45, 2.75) is 6.10 Å². The van der Waals surface area contributed by atoms with Crippen LogP contribution in [0.4, 0.5) is 5.82 Å². The zero-order chi connectivity index (χ0) is 12.3. The molecule has 1 unspecified atom stereocenters. The highest BCUT2D eigenvalue weighted by Crippen LogP contribution is 2.18. The summed E-state index contributed by atoms with van der Waals surface area (Å²) in [6, 6.07) is 0. The van der Waals surface area contributed by atoms with Crippen molar-refractivity contribution in [3.05, 3.63) is 11.6 Å². The first-order valence-corrected chi connectivity index (χ1v) is 5.36. The molecule has 0 saturated carbocycles. The van der Waals surface area contributed by atoms with Crippen LogP contribution >= 0.6 is 11.6 Å². The molecule has 0 aliphatic rings. The number of ether oxygens (including phenoxy) is 1. The molecule has 0 saturated heterocycles. The highest BCUT2D eigenvalue weighted by atomic mass is 35.5. The van der Waals surface area contributed by atoms with Crippen LogP contribution in [0.15, 0.2) is 6.33 Å². The van der Waals surface area contributed by atoms with Crippen LogP contribution in [0.1, 0.15) is 0 Å². The van der Waals surface area contributed by atoms with E-state index in [4.69, 9.17) is 16.3 Å². The molecular weight excluding hydrogens is 246 g/mol. The summed E-state index contributed by atoms with van der Waals surface area (Å²) in [6.45, 7) is 0.549. The summed E-state index contributed by atoms with van der Waals surface area (Å²) in [4.78, 5) is 14.9. The van der Waals surface area contributed by atoms with Crippen molar-refractivity contribution >= 4 is 28.6 Å². The molecule has 0 aromatic carbocycles. The molecule has 17 heavy (non-hydrogen) atoms. The lowest BCUT2D eigenvalue weighted by atomic mass is 10.3. The van der Waals surface area contributed by atoms with Crippen LogP contribution in [-0.4, -0.2) is 51.4 Å². The third-order valence-electron chi connectivity index (χ3n) is 2.12. The minimum Gasteiger partial charge on any atom is -0.389 e. The Balaban J connectivity index is 2.14. The zero-order valence-electron chi connectivity index (χ0n) is 9.14. The number of anilines is 1. The van der Waals surface area contributed by atoms with Crippen LogP contribution in [-0.2, 0) is 4.74 Å². The number of imidazole rings is 1. The largest absolute Gasteiger partial charge is 0.389 e. The van der Waals surface area contributed by atoms with Gasteiger partial charge in [0.25, 0.3) is 0 Å². The number of hydrogen-bond acceptors (Lipinski definition) is 6. The van der Waals surface area contributed by atoms with Gasteiger partial charge in [-0.1, -0.05) is 0 Å². The van der Waals surface area contributed by atoms with Gasteiger partial charge in [0.15, 0.2) is 11.5 Å². The number of aliphatic hydroxyl groups is 1. The number of fused-ring (bicyclic) bond motifs is 1. The van der Waals surface area contributed by atoms with Gasteiger partial charge < -0.3 is 20.1 Å². The fraction of sp³-hybridized carbons (Fsp3) is 0.444. The van der Waals surface area contributed by atoms with Gasteiger partial charge in [0.2, 0.25) is 5.28 Å². The molecule has 2 heterocycles. The maximum absolute atomic E-state index is 9.51. The van der Waals surface area contributed by atoms with Gasteiger partial charge in [-0.15, -0.1) is 0 Å². The molecule has 0 amide bonds. The Bertz CT molecular complexity index is 503. The average molecular weight is 258 g/mol. The standard InChI is InChI=1S/C9H12ClN5O2/c1-17-3-5(16)2-11-7-6-8(13-4-12-6)15-9(10)14-7/h4-5,16H,2-3H2,1H3,(H2,11,12,13,14,15). The summed E-state index contributed by atoms with van der Waals surface area (Å²) in [6.07, 6.45) is 0.888. The molecule has 0 aliphatic carbocycles. The van der Waals surface area contributed by atoms with Crippen LogP contribution in [0.25, 0.3) is 11.2 Å². The van der Waals surface area contributed by atoms with Gasteiger partial charge in [-0.05, 0) is 11.6 Å². The van der Waals surface area contributed by atoms with Crippen molar-refractivity contribution in [1.82, 2.24) is 19.9 Å². The lowest BCUT2D eigenvalue weighted by molar-refractivity contribution is 0.0727. The van der Waals surface area contributed by atoms with E-state index in [2.05, 4.69) is 25.3 Å². The third-order valence-corrected chi connectivity index (χ3v) is 2.29. The minimum absolute atomic E-state index is 0.105. The number of rotatable bonds is 5. The fourth-order valence-corrected chi connectivity index (χ4v) is 1.56. The number of H-pyrrole nitrogens is 1. The molecular formula is C9H12ClN5O2. The SMILES string of the molecule is COCC(O)CNc1nc(Cl)nc2nc[nH]c12. The zero-order valence-corrected chi connectivity index (χ0v) is 9.90. The Kier molecular flexibility index (Phi) is 3.72. The number of aromatic nitrogens is 4. The molecule has 2 aromatic heterocycles. The summed E-state index contributed by atoms with van der Waals surface area (Å²) >= 11 is 5.75. The molecule has 92 valence electrons. The van der Waals surface area contributed by atoms with E-state index in [1.165, 1.54) is 13.4 Å². The van der Waals surface area contributed by atoms with E-state index in [0.29, 0.717) is 23.5 Å². The Hall–Kier alpha value is -1.44. The van der Waals surface area contributed by atoms with E-state index < -0.39 is 6.10 Å². The van der Waals surface area contributed by atoms with Gasteiger partial charge in [0.05, 0.1) is 19.0 Å². The number of nitrogens with zero attached hydrogens (tertiary/aromatic N) is 3. The van der Waals surface area contributed by atoms with Crippen molar-refractivity contribution in [1.29, 1.82) is 0 Å². The second-order valence-corrected chi connectivity index (χ2v) is 3.77. The van der Waals surface area contributed by atoms with E-state index in [0.717, 1.165) is 0 Å². The van der Waals surface area contributed by atoms with Crippen LogP contribution < -0.4 is 5.32 Å². The molecule has 8 heteroatoms. The fourth-order valence-electron chi connectivity index (χ4n) is 1.40. The normalized spacial score (nSPS) is 12.9. The molecule has 7 nitrogen and oxygen atoms in total. The monoisotopic (exact) mass is 257 g/mol. The molecule has 0 aliphatic heterocycles. The predicted molar refractivity (Wildman–Crippen MR) is 63.1 cm³/mol. The summed E-state index contributed by atoms with van der Waals surface area (Å²) in [7, 11) is 1.53. The first kappa shape index (κ1) is 12.0. The number of aliphatic hydroxyl groups excluding tert-OH is 1. The Morgan fingerprint density at radius 1 is 1.59 bits per heavy atom. The molecule has 0 fully saturated rings. The number of aromatic amines is 1. The highest BCUT2D eigenvalue weighted by Gasteiger charge is 2.10. The molecule has 0 bridgehead atoms. The molecule has 2 rings (SSSR count). The molecule has 2 aromatic rings. The first-order chi connectivity index (χ1) is 8.20. The van der Waals surface area contributed by atoms with Crippen molar-refractivity contribution in [2.75, 3.05) is 25.6 Å². The maximum atomic E-state index is 9.51. The summed E-state index contributed by atoms with van der Waals surface area (Å²) in [5.74, 6) is 0.507. The summed E-state index contributed by atoms with van der Waals surface area (Å²) in [5.41, 5.74) is 1.13. The van der Waals surface area contributed by atoms with Crippen LogP contribution in [0.2, 0.25) is 5.28 Å². The van der Waals surface area contributed by atoms with Crippen molar-refractivity contribution in [3.8, 4) is 0 Å². The molecule has 0 radical (unpaired) electrons. The number of halogens is 1. The Morgan fingerprint density at radius 3 is 3.18 bits per heavy atom. The van der Waals surface area contributed by atoms with E-state index in [-0.39, 0.29) is 11.9 Å². The van der Waals surface area contributed by atoms with E-state index >= 15 is 0 Å². The van der Waals surface area contributed by atoms with E-state index in [1.807, 2.05) is 0 Å².